The van der Waals surface area contributed by atoms with Crippen LogP contribution in [-0.2, 0) is 4.79 Å². The summed E-state index contributed by atoms with van der Waals surface area (Å²) in [6, 6.07) is 10.5. The molecular weight excluding hydrogens is 200 g/mol. The van der Waals surface area contributed by atoms with E-state index in [-0.39, 0.29) is 0 Å². The molecular formula is C13H18N2O. The average molecular weight is 218 g/mol. The zero-order chi connectivity index (χ0) is 11.2. The highest BCUT2D eigenvalue weighted by atomic mass is 16.1. The molecule has 0 N–H and O–H groups in total. The molecule has 1 aromatic carbocycles. The van der Waals surface area contributed by atoms with Crippen LogP contribution in [0.5, 0.6) is 0 Å². The molecule has 2 rings (SSSR count). The van der Waals surface area contributed by atoms with Crippen LogP contribution in [0.1, 0.15) is 6.42 Å². The van der Waals surface area contributed by atoms with Gasteiger partial charge in [0.1, 0.15) is 6.29 Å². The van der Waals surface area contributed by atoms with Gasteiger partial charge in [-0.05, 0) is 12.1 Å². The molecule has 0 atom stereocenters. The summed E-state index contributed by atoms with van der Waals surface area (Å²) in [5, 5.41) is 0. The van der Waals surface area contributed by atoms with Crippen molar-refractivity contribution in [1.29, 1.82) is 0 Å². The van der Waals surface area contributed by atoms with E-state index >= 15 is 0 Å². The number of benzene rings is 1. The molecule has 0 amide bonds. The van der Waals surface area contributed by atoms with E-state index in [0.717, 1.165) is 39.0 Å². The van der Waals surface area contributed by atoms with Crippen LogP contribution in [0.25, 0.3) is 0 Å². The third-order valence-electron chi connectivity index (χ3n) is 3.06. The van der Waals surface area contributed by atoms with E-state index in [1.807, 2.05) is 6.07 Å². The molecule has 1 fully saturated rings. The molecule has 1 aliphatic heterocycles. The Labute approximate surface area is 96.7 Å². The Morgan fingerprint density at radius 2 is 1.75 bits per heavy atom. The van der Waals surface area contributed by atoms with Crippen molar-refractivity contribution in [2.75, 3.05) is 37.6 Å². The third kappa shape index (κ3) is 2.83. The van der Waals surface area contributed by atoms with Crippen molar-refractivity contribution < 1.29 is 4.79 Å². The zero-order valence-electron chi connectivity index (χ0n) is 9.51. The van der Waals surface area contributed by atoms with Crippen LogP contribution in [-0.4, -0.2) is 43.9 Å². The minimum absolute atomic E-state index is 0.658. The van der Waals surface area contributed by atoms with Gasteiger partial charge in [-0.3, -0.25) is 4.90 Å². The number of hydrogen-bond acceptors (Lipinski definition) is 3. The van der Waals surface area contributed by atoms with Gasteiger partial charge in [0.05, 0.1) is 0 Å². The maximum Gasteiger partial charge on any atom is 0.121 e. The smallest absolute Gasteiger partial charge is 0.121 e. The molecule has 0 spiro atoms. The van der Waals surface area contributed by atoms with Crippen molar-refractivity contribution in [3.8, 4) is 0 Å². The van der Waals surface area contributed by atoms with Crippen molar-refractivity contribution in [2.45, 2.75) is 6.42 Å². The van der Waals surface area contributed by atoms with Crippen molar-refractivity contribution in [2.24, 2.45) is 0 Å². The van der Waals surface area contributed by atoms with Gasteiger partial charge in [-0.2, -0.15) is 0 Å². The first-order valence-electron chi connectivity index (χ1n) is 5.86. The lowest BCUT2D eigenvalue weighted by atomic mass is 10.2. The van der Waals surface area contributed by atoms with Crippen molar-refractivity contribution in [1.82, 2.24) is 4.90 Å². The van der Waals surface area contributed by atoms with E-state index in [1.165, 1.54) is 5.69 Å². The van der Waals surface area contributed by atoms with Crippen LogP contribution in [0.3, 0.4) is 0 Å². The highest BCUT2D eigenvalue weighted by molar-refractivity contribution is 5.49. The molecule has 0 aliphatic carbocycles. The monoisotopic (exact) mass is 218 g/mol. The molecule has 0 saturated carbocycles. The molecule has 3 nitrogen and oxygen atoms in total. The molecule has 1 saturated heterocycles. The maximum absolute atomic E-state index is 10.3. The molecule has 1 aromatic rings. The van der Waals surface area contributed by atoms with Gasteiger partial charge in [0.25, 0.3) is 0 Å². The summed E-state index contributed by atoms with van der Waals surface area (Å²) in [5.41, 5.74) is 1.30. The molecule has 0 bridgehead atoms. The summed E-state index contributed by atoms with van der Waals surface area (Å²) < 4.78 is 0. The number of hydrogen-bond donors (Lipinski definition) is 0. The van der Waals surface area contributed by atoms with Gasteiger partial charge >= 0.3 is 0 Å². The normalized spacial score (nSPS) is 17.4. The summed E-state index contributed by atoms with van der Waals surface area (Å²) in [6.07, 6.45) is 1.66. The topological polar surface area (TPSA) is 23.6 Å². The Balaban J connectivity index is 1.83. The lowest BCUT2D eigenvalue weighted by molar-refractivity contribution is -0.108. The fourth-order valence-electron chi connectivity index (χ4n) is 2.10. The number of anilines is 1. The zero-order valence-corrected chi connectivity index (χ0v) is 9.51. The number of aldehydes is 1. The largest absolute Gasteiger partial charge is 0.369 e. The fraction of sp³-hybridized carbons (Fsp3) is 0.462. The third-order valence-corrected chi connectivity index (χ3v) is 3.06. The van der Waals surface area contributed by atoms with Crippen molar-refractivity contribution >= 4 is 12.0 Å². The Bertz CT molecular complexity index is 318. The van der Waals surface area contributed by atoms with E-state index in [4.69, 9.17) is 0 Å². The van der Waals surface area contributed by atoms with Gasteiger partial charge in [0.15, 0.2) is 0 Å². The summed E-state index contributed by atoms with van der Waals surface area (Å²) in [7, 11) is 0. The number of piperazine rings is 1. The quantitative estimate of drug-likeness (QED) is 0.714. The standard InChI is InChI=1S/C13H18N2O/c16-12-4-7-14-8-10-15(11-9-14)13-5-2-1-3-6-13/h1-3,5-6,12H,4,7-11H2. The van der Waals surface area contributed by atoms with Crippen molar-refractivity contribution in [3.05, 3.63) is 30.3 Å². The SMILES string of the molecule is O=CCCN1CCN(c2ccccc2)CC1. The fourth-order valence-corrected chi connectivity index (χ4v) is 2.10. The Kier molecular flexibility index (Phi) is 3.94. The van der Waals surface area contributed by atoms with E-state index in [1.54, 1.807) is 0 Å². The molecule has 16 heavy (non-hydrogen) atoms. The van der Waals surface area contributed by atoms with Crippen LogP contribution in [0.15, 0.2) is 30.3 Å². The second kappa shape index (κ2) is 5.66. The van der Waals surface area contributed by atoms with Crippen LogP contribution < -0.4 is 4.90 Å². The minimum Gasteiger partial charge on any atom is -0.369 e. The number of rotatable bonds is 4. The van der Waals surface area contributed by atoms with Gasteiger partial charge in [0.2, 0.25) is 0 Å². The average Bonchev–Trinajstić information content (AvgIpc) is 2.38. The van der Waals surface area contributed by atoms with E-state index in [2.05, 4.69) is 34.1 Å². The van der Waals surface area contributed by atoms with Gasteiger partial charge < -0.3 is 9.69 Å². The molecule has 0 unspecified atom stereocenters. The predicted molar refractivity (Wildman–Crippen MR) is 65.8 cm³/mol. The van der Waals surface area contributed by atoms with Crippen molar-refractivity contribution in [3.63, 3.8) is 0 Å². The van der Waals surface area contributed by atoms with Crippen LogP contribution >= 0.6 is 0 Å². The van der Waals surface area contributed by atoms with Gasteiger partial charge in [-0.25, -0.2) is 0 Å². The molecule has 1 heterocycles. The Morgan fingerprint density at radius 3 is 2.38 bits per heavy atom. The summed E-state index contributed by atoms with van der Waals surface area (Å²) in [6.45, 7) is 5.14. The molecule has 86 valence electrons. The predicted octanol–water partition coefficient (Wildman–Crippen LogP) is 1.40. The first-order valence-corrected chi connectivity index (χ1v) is 5.86. The Hall–Kier alpha value is -1.35. The number of carbonyl (C=O) groups is 1. The summed E-state index contributed by atoms with van der Waals surface area (Å²) >= 11 is 0. The summed E-state index contributed by atoms with van der Waals surface area (Å²) in [4.78, 5) is 15.1. The molecule has 1 aliphatic rings. The minimum atomic E-state index is 0.658. The molecule has 0 radical (unpaired) electrons. The lowest BCUT2D eigenvalue weighted by Gasteiger charge is -2.35. The number of para-hydroxylation sites is 1. The van der Waals surface area contributed by atoms with Gasteiger partial charge in [0, 0.05) is 44.8 Å². The second-order valence-corrected chi connectivity index (χ2v) is 4.12. The van der Waals surface area contributed by atoms with Crippen LogP contribution in [0.4, 0.5) is 5.69 Å². The first-order chi connectivity index (χ1) is 7.90. The highest BCUT2D eigenvalue weighted by Crippen LogP contribution is 2.15. The molecule has 3 heteroatoms. The number of nitrogens with zero attached hydrogens (tertiary/aromatic N) is 2. The van der Waals surface area contributed by atoms with E-state index < -0.39 is 0 Å². The summed E-state index contributed by atoms with van der Waals surface area (Å²) in [5.74, 6) is 0. The van der Waals surface area contributed by atoms with Gasteiger partial charge in [-0.1, -0.05) is 18.2 Å². The van der Waals surface area contributed by atoms with Crippen LogP contribution in [0.2, 0.25) is 0 Å². The second-order valence-electron chi connectivity index (χ2n) is 4.12. The Morgan fingerprint density at radius 1 is 1.06 bits per heavy atom. The maximum atomic E-state index is 10.3. The first kappa shape index (κ1) is 11.1. The van der Waals surface area contributed by atoms with Crippen LogP contribution in [0, 0.1) is 0 Å². The lowest BCUT2D eigenvalue weighted by Crippen LogP contribution is -2.46. The van der Waals surface area contributed by atoms with E-state index in [9.17, 15) is 4.79 Å². The van der Waals surface area contributed by atoms with Gasteiger partial charge in [-0.15, -0.1) is 0 Å². The number of carbonyl (C=O) groups excluding carboxylic acids is 1. The highest BCUT2D eigenvalue weighted by Gasteiger charge is 2.15. The van der Waals surface area contributed by atoms with E-state index in [0.29, 0.717) is 6.42 Å². The molecule has 0 aromatic heterocycles.